The Labute approximate surface area is 273 Å². The number of fused-ring (bicyclic) bond motifs is 1. The number of hydrogen-bond acceptors (Lipinski definition) is 8. The molecule has 0 unspecified atom stereocenters. The molecule has 5 rings (SSSR count). The number of aryl methyl sites for hydroxylation is 1. The number of piperidine rings is 1. The summed E-state index contributed by atoms with van der Waals surface area (Å²) in [5, 5.41) is 9.25. The van der Waals surface area contributed by atoms with Crippen LogP contribution in [0.5, 0.6) is 0 Å². The summed E-state index contributed by atoms with van der Waals surface area (Å²) in [6, 6.07) is 5.44. The Kier molecular flexibility index (Phi) is 10.2. The van der Waals surface area contributed by atoms with E-state index < -0.39 is 35.3 Å². The van der Waals surface area contributed by atoms with Crippen LogP contribution in [0.2, 0.25) is 0 Å². The number of rotatable bonds is 9. The lowest BCUT2D eigenvalue weighted by Crippen LogP contribution is -2.48. The first kappa shape index (κ1) is 33.9. The van der Waals surface area contributed by atoms with Crippen LogP contribution in [0.15, 0.2) is 49.1 Å². The summed E-state index contributed by atoms with van der Waals surface area (Å²) in [6.07, 6.45) is 6.02. The number of hydrogen-bond donors (Lipinski definition) is 3. The summed E-state index contributed by atoms with van der Waals surface area (Å²) in [5.74, 6) is -0.239. The van der Waals surface area contributed by atoms with E-state index in [1.807, 2.05) is 6.92 Å². The lowest BCUT2D eigenvalue weighted by molar-refractivity contribution is -0.724. The van der Waals surface area contributed by atoms with Gasteiger partial charge in [-0.2, -0.15) is 13.2 Å². The molecule has 2 aliphatic rings. The Balaban J connectivity index is 1.28. The third-order valence-corrected chi connectivity index (χ3v) is 8.39. The predicted molar refractivity (Wildman–Crippen MR) is 172 cm³/mol. The molecule has 13 heteroatoms. The minimum Gasteiger partial charge on any atom is -0.458 e. The van der Waals surface area contributed by atoms with Crippen molar-refractivity contribution in [1.29, 1.82) is 0 Å². The van der Waals surface area contributed by atoms with E-state index in [2.05, 4.69) is 53.8 Å². The van der Waals surface area contributed by atoms with Crippen molar-refractivity contribution in [3.8, 4) is 0 Å². The van der Waals surface area contributed by atoms with E-state index in [0.29, 0.717) is 18.3 Å². The van der Waals surface area contributed by atoms with E-state index in [9.17, 15) is 22.8 Å². The third-order valence-electron chi connectivity index (χ3n) is 8.39. The Morgan fingerprint density at radius 3 is 2.62 bits per heavy atom. The van der Waals surface area contributed by atoms with Crippen LogP contribution in [0.4, 0.5) is 30.5 Å². The first-order chi connectivity index (χ1) is 22.3. The predicted octanol–water partition coefficient (Wildman–Crippen LogP) is 5.10. The number of alkyl halides is 3. The van der Waals surface area contributed by atoms with Gasteiger partial charge >= 0.3 is 12.1 Å². The molecular formula is C34H43F3N7O3+. The van der Waals surface area contributed by atoms with Crippen LogP contribution >= 0.6 is 0 Å². The second kappa shape index (κ2) is 14.1. The normalized spacial score (nSPS) is 16.1. The number of amides is 1. The van der Waals surface area contributed by atoms with Crippen molar-refractivity contribution in [2.75, 3.05) is 41.7 Å². The highest BCUT2D eigenvalue weighted by Crippen LogP contribution is 2.31. The van der Waals surface area contributed by atoms with Crippen molar-refractivity contribution in [3.05, 3.63) is 71.3 Å². The highest BCUT2D eigenvalue weighted by molar-refractivity contribution is 5.97. The number of ether oxygens (including phenoxy) is 1. The van der Waals surface area contributed by atoms with Gasteiger partial charge in [0, 0.05) is 56.2 Å². The fourth-order valence-electron chi connectivity index (χ4n) is 6.02. The summed E-state index contributed by atoms with van der Waals surface area (Å²) in [7, 11) is 0. The quantitative estimate of drug-likeness (QED) is 0.216. The lowest BCUT2D eigenvalue weighted by Gasteiger charge is -2.32. The number of benzene rings is 1. The molecule has 3 aromatic rings. The maximum atomic E-state index is 13.3. The van der Waals surface area contributed by atoms with Crippen LogP contribution in [-0.2, 0) is 28.5 Å². The van der Waals surface area contributed by atoms with Crippen molar-refractivity contribution in [3.63, 3.8) is 0 Å². The first-order valence-corrected chi connectivity index (χ1v) is 16.1. The zero-order valence-corrected chi connectivity index (χ0v) is 27.3. The average molecular weight is 655 g/mol. The van der Waals surface area contributed by atoms with Gasteiger partial charge in [0.2, 0.25) is 0 Å². The molecule has 2 aromatic heterocycles. The molecule has 4 heterocycles. The number of nitrogens with zero attached hydrogens (tertiary/aromatic N) is 4. The second-order valence-corrected chi connectivity index (χ2v) is 13.0. The second-order valence-electron chi connectivity index (χ2n) is 13.0. The van der Waals surface area contributed by atoms with Crippen LogP contribution in [0.1, 0.15) is 80.0 Å². The number of halogens is 3. The van der Waals surface area contributed by atoms with Crippen LogP contribution in [0.3, 0.4) is 0 Å². The molecule has 10 nitrogen and oxygen atoms in total. The number of carbonyl (C=O) groups is 2. The van der Waals surface area contributed by atoms with Crippen LogP contribution < -0.4 is 25.4 Å². The van der Waals surface area contributed by atoms with Gasteiger partial charge in [0.1, 0.15) is 35.3 Å². The number of carbonyl (C=O) groups excluding carboxylic acids is 2. The molecular weight excluding hydrogens is 611 g/mol. The molecule has 0 radical (unpaired) electrons. The van der Waals surface area contributed by atoms with E-state index in [4.69, 9.17) is 4.74 Å². The number of aromatic nitrogens is 3. The van der Waals surface area contributed by atoms with Gasteiger partial charge in [0.05, 0.1) is 5.56 Å². The SMILES string of the molecule is CCc1c(NC[C@H](NC(=O)c2cccc(C(F)(F)F)c2)C(=O)OC(C)(C)C)ncnc1N1CCC([n+]2ccc3c(c2)NCCC3)CC1. The van der Waals surface area contributed by atoms with Crippen LogP contribution in [0.25, 0.3) is 0 Å². The van der Waals surface area contributed by atoms with Gasteiger partial charge in [-0.05, 0) is 63.8 Å². The molecule has 252 valence electrons. The van der Waals surface area contributed by atoms with E-state index in [0.717, 1.165) is 74.9 Å². The van der Waals surface area contributed by atoms with Crippen molar-refractivity contribution in [1.82, 2.24) is 15.3 Å². The number of pyridine rings is 1. The van der Waals surface area contributed by atoms with E-state index in [-0.39, 0.29) is 12.1 Å². The van der Waals surface area contributed by atoms with Gasteiger partial charge in [0.25, 0.3) is 5.91 Å². The summed E-state index contributed by atoms with van der Waals surface area (Å²) >= 11 is 0. The van der Waals surface area contributed by atoms with Gasteiger partial charge in [-0.25, -0.2) is 19.3 Å². The zero-order valence-electron chi connectivity index (χ0n) is 27.3. The van der Waals surface area contributed by atoms with E-state index in [1.54, 1.807) is 20.8 Å². The number of anilines is 3. The van der Waals surface area contributed by atoms with Gasteiger partial charge in [-0.15, -0.1) is 0 Å². The molecule has 0 bridgehead atoms. The van der Waals surface area contributed by atoms with Gasteiger partial charge in [0.15, 0.2) is 18.4 Å². The molecule has 0 spiro atoms. The average Bonchev–Trinajstić information content (AvgIpc) is 3.05. The van der Waals surface area contributed by atoms with Gasteiger partial charge in [-0.3, -0.25) is 4.79 Å². The molecule has 1 saturated heterocycles. The third kappa shape index (κ3) is 8.49. The van der Waals surface area contributed by atoms with Gasteiger partial charge in [-0.1, -0.05) is 13.0 Å². The molecule has 1 aromatic carbocycles. The fourth-order valence-corrected chi connectivity index (χ4v) is 6.02. The van der Waals surface area contributed by atoms with E-state index >= 15 is 0 Å². The maximum Gasteiger partial charge on any atom is 0.416 e. The monoisotopic (exact) mass is 654 g/mol. The highest BCUT2D eigenvalue weighted by atomic mass is 19.4. The lowest BCUT2D eigenvalue weighted by atomic mass is 10.0. The molecule has 47 heavy (non-hydrogen) atoms. The summed E-state index contributed by atoms with van der Waals surface area (Å²) in [4.78, 5) is 37.5. The molecule has 1 amide bonds. The smallest absolute Gasteiger partial charge is 0.416 e. The number of nitrogens with one attached hydrogen (secondary N) is 3. The molecule has 0 saturated carbocycles. The Bertz CT molecular complexity index is 1580. The Morgan fingerprint density at radius 2 is 1.91 bits per heavy atom. The molecule has 2 aliphatic heterocycles. The fraction of sp³-hybridized carbons (Fsp3) is 0.500. The van der Waals surface area contributed by atoms with Gasteiger partial charge < -0.3 is 25.6 Å². The highest BCUT2D eigenvalue weighted by Gasteiger charge is 2.33. The topological polar surface area (TPSA) is 112 Å². The van der Waals surface area contributed by atoms with Crippen molar-refractivity contribution < 1.29 is 32.1 Å². The zero-order chi connectivity index (χ0) is 33.8. The van der Waals surface area contributed by atoms with Crippen molar-refractivity contribution in [2.24, 2.45) is 0 Å². The number of esters is 1. The van der Waals surface area contributed by atoms with E-state index in [1.165, 1.54) is 23.6 Å². The minimum atomic E-state index is -4.61. The molecule has 1 fully saturated rings. The van der Waals surface area contributed by atoms with Crippen LogP contribution in [0, 0.1) is 0 Å². The van der Waals surface area contributed by atoms with Crippen LogP contribution in [-0.4, -0.2) is 59.7 Å². The maximum absolute atomic E-state index is 13.3. The van der Waals surface area contributed by atoms with Crippen molar-refractivity contribution in [2.45, 2.75) is 83.7 Å². The Hall–Kier alpha value is -4.42. The molecule has 1 atom stereocenters. The molecule has 0 aliphatic carbocycles. The summed E-state index contributed by atoms with van der Waals surface area (Å²) in [5.41, 5.74) is 1.41. The Morgan fingerprint density at radius 1 is 1.15 bits per heavy atom. The summed E-state index contributed by atoms with van der Waals surface area (Å²) in [6.45, 7) is 9.59. The molecule has 3 N–H and O–H groups in total. The summed E-state index contributed by atoms with van der Waals surface area (Å²) < 4.78 is 47.7. The first-order valence-electron chi connectivity index (χ1n) is 16.1. The largest absolute Gasteiger partial charge is 0.458 e. The minimum absolute atomic E-state index is 0.103. The van der Waals surface area contributed by atoms with Crippen molar-refractivity contribution >= 4 is 29.2 Å². The standard InChI is InChI=1S/C34H42F3N7O3/c1-5-26-29(39-19-27(32(46)47-33(2,3)4)42-31(45)23-8-6-10-24(18-23)34(35,36)37)40-21-41-30(26)43-16-12-25(13-17-43)44-15-11-22-9-7-14-38-28(22)20-44/h6,8,10-11,15,18,20-21,25,27,38H,5,7,9,12-14,16-17,19H2,1-4H3,(H-,39,40,41,42,45)/p+1/t27-/m0/s1.